The van der Waals surface area contributed by atoms with E-state index in [0.717, 1.165) is 38.2 Å². The second kappa shape index (κ2) is 7.18. The molecule has 0 aliphatic carbocycles. The van der Waals surface area contributed by atoms with Crippen molar-refractivity contribution in [3.05, 3.63) is 0 Å². The Bertz CT molecular complexity index is 251. The van der Waals surface area contributed by atoms with Crippen LogP contribution in [0.1, 0.15) is 26.7 Å². The first-order valence-corrected chi connectivity index (χ1v) is 7.59. The molecule has 0 aromatic heterocycles. The fraction of sp³-hybridized carbons (Fsp3) is 1.00. The maximum absolute atomic E-state index is 12.3. The lowest BCUT2D eigenvalue weighted by Crippen LogP contribution is -2.51. The van der Waals surface area contributed by atoms with E-state index >= 15 is 0 Å². The van der Waals surface area contributed by atoms with Crippen LogP contribution < -0.4 is 0 Å². The quantitative estimate of drug-likeness (QED) is 0.753. The summed E-state index contributed by atoms with van der Waals surface area (Å²) in [5.74, 6) is 0.836. The van der Waals surface area contributed by atoms with Crippen molar-refractivity contribution in [2.45, 2.75) is 32.9 Å². The van der Waals surface area contributed by atoms with Crippen LogP contribution in [0.25, 0.3) is 0 Å². The topological polar surface area (TPSA) is 6.48 Å². The third-order valence-corrected chi connectivity index (χ3v) is 4.93. The summed E-state index contributed by atoms with van der Waals surface area (Å²) in [6.07, 6.45) is -1.95. The lowest BCUT2D eigenvalue weighted by molar-refractivity contribution is -0.149. The van der Waals surface area contributed by atoms with Gasteiger partial charge in [0.25, 0.3) is 0 Å². The molecule has 0 atom stereocenters. The van der Waals surface area contributed by atoms with Crippen molar-refractivity contribution in [2.24, 2.45) is 5.41 Å². The molecule has 1 heterocycles. The van der Waals surface area contributed by atoms with Gasteiger partial charge in [-0.2, -0.15) is 25.8 Å². The molecule has 1 aliphatic rings. The van der Waals surface area contributed by atoms with Gasteiger partial charge < -0.3 is 4.90 Å². The minimum Gasteiger partial charge on any atom is -0.300 e. The number of hydrogen-bond acceptors (Lipinski definition) is 3. The van der Waals surface area contributed by atoms with Gasteiger partial charge in [-0.05, 0) is 24.0 Å². The Morgan fingerprint density at radius 3 is 1.63 bits per heavy atom. The summed E-state index contributed by atoms with van der Waals surface area (Å²) in [5.41, 5.74) is 0.204. The molecule has 0 aromatic rings. The summed E-state index contributed by atoms with van der Waals surface area (Å²) < 4.78 is 36.9. The highest BCUT2D eigenvalue weighted by atomic mass is 32.1. The van der Waals surface area contributed by atoms with Crippen molar-refractivity contribution >= 4 is 12.6 Å². The van der Waals surface area contributed by atoms with E-state index in [1.54, 1.807) is 0 Å². The van der Waals surface area contributed by atoms with E-state index in [4.69, 9.17) is 0 Å². The number of halogens is 3. The Labute approximate surface area is 119 Å². The summed E-state index contributed by atoms with van der Waals surface area (Å²) in [6, 6.07) is 0. The fourth-order valence-electron chi connectivity index (χ4n) is 2.58. The molecule has 0 unspecified atom stereocenters. The molecule has 19 heavy (non-hydrogen) atoms. The molecule has 2 nitrogen and oxygen atoms in total. The highest BCUT2D eigenvalue weighted by Crippen LogP contribution is 2.29. The van der Waals surface area contributed by atoms with Crippen molar-refractivity contribution in [2.75, 3.05) is 45.0 Å². The van der Waals surface area contributed by atoms with E-state index < -0.39 is 12.7 Å². The van der Waals surface area contributed by atoms with Crippen LogP contribution in [0, 0.1) is 5.41 Å². The Kier molecular flexibility index (Phi) is 6.47. The predicted octanol–water partition coefficient (Wildman–Crippen LogP) is 2.90. The minimum atomic E-state index is -4.08. The van der Waals surface area contributed by atoms with Crippen molar-refractivity contribution < 1.29 is 13.2 Å². The molecular weight excluding hydrogens is 273 g/mol. The second-order valence-corrected chi connectivity index (χ2v) is 5.85. The van der Waals surface area contributed by atoms with Crippen LogP contribution in [0.15, 0.2) is 0 Å². The molecule has 0 spiro atoms. The minimum absolute atomic E-state index is 0.204. The van der Waals surface area contributed by atoms with E-state index in [9.17, 15) is 13.2 Å². The monoisotopic (exact) mass is 298 g/mol. The fourth-order valence-corrected chi connectivity index (χ4v) is 3.13. The van der Waals surface area contributed by atoms with Crippen molar-refractivity contribution in [1.29, 1.82) is 0 Å². The largest absolute Gasteiger partial charge is 0.401 e. The summed E-state index contributed by atoms with van der Waals surface area (Å²) in [7, 11) is 0. The van der Waals surface area contributed by atoms with Crippen LogP contribution in [0.5, 0.6) is 0 Å². The van der Waals surface area contributed by atoms with Crippen molar-refractivity contribution in [1.82, 2.24) is 9.80 Å². The first kappa shape index (κ1) is 17.1. The van der Waals surface area contributed by atoms with Crippen LogP contribution in [0.2, 0.25) is 0 Å². The standard InChI is InChI=1S/C13H25F3N2S/c1-3-12(4-2,11-19)9-17-5-7-18(8-6-17)10-13(14,15)16/h19H,3-11H2,1-2H3. The molecule has 0 bridgehead atoms. The zero-order valence-corrected chi connectivity index (χ0v) is 12.7. The van der Waals surface area contributed by atoms with E-state index in [1.807, 2.05) is 0 Å². The van der Waals surface area contributed by atoms with Gasteiger partial charge in [-0.15, -0.1) is 0 Å². The third kappa shape index (κ3) is 5.52. The number of thiol groups is 1. The van der Waals surface area contributed by atoms with Crippen LogP contribution >= 0.6 is 12.6 Å². The Morgan fingerprint density at radius 2 is 1.32 bits per heavy atom. The van der Waals surface area contributed by atoms with E-state index in [2.05, 4.69) is 31.4 Å². The molecule has 1 saturated heterocycles. The molecule has 0 N–H and O–H groups in total. The maximum Gasteiger partial charge on any atom is 0.401 e. The Balaban J connectivity index is 2.41. The lowest BCUT2D eigenvalue weighted by Gasteiger charge is -2.41. The number of hydrogen-bond donors (Lipinski definition) is 1. The SMILES string of the molecule is CCC(CC)(CS)CN1CCN(CC(F)(F)F)CC1. The molecule has 1 fully saturated rings. The lowest BCUT2D eigenvalue weighted by atomic mass is 9.83. The van der Waals surface area contributed by atoms with Crippen LogP contribution in [0.3, 0.4) is 0 Å². The van der Waals surface area contributed by atoms with Gasteiger partial charge in [0, 0.05) is 32.7 Å². The van der Waals surface area contributed by atoms with Gasteiger partial charge in [-0.25, -0.2) is 0 Å². The molecule has 6 heteroatoms. The first-order valence-electron chi connectivity index (χ1n) is 6.96. The Morgan fingerprint density at radius 1 is 0.895 bits per heavy atom. The van der Waals surface area contributed by atoms with E-state index in [-0.39, 0.29) is 5.41 Å². The molecule has 1 aliphatic heterocycles. The van der Waals surface area contributed by atoms with Gasteiger partial charge in [-0.1, -0.05) is 13.8 Å². The molecule has 0 aromatic carbocycles. The maximum atomic E-state index is 12.3. The number of piperazine rings is 1. The summed E-state index contributed by atoms with van der Waals surface area (Å²) in [5, 5.41) is 0. The molecular formula is C13H25F3N2S. The predicted molar refractivity (Wildman–Crippen MR) is 75.8 cm³/mol. The summed E-state index contributed by atoms with van der Waals surface area (Å²) in [4.78, 5) is 3.78. The average molecular weight is 298 g/mol. The molecule has 0 amide bonds. The van der Waals surface area contributed by atoms with Gasteiger partial charge in [0.15, 0.2) is 0 Å². The van der Waals surface area contributed by atoms with E-state index in [0.29, 0.717) is 13.1 Å². The molecule has 1 rings (SSSR count). The zero-order valence-electron chi connectivity index (χ0n) is 11.8. The normalized spacial score (nSPS) is 19.9. The summed E-state index contributed by atoms with van der Waals surface area (Å²) >= 11 is 4.45. The highest BCUT2D eigenvalue weighted by Gasteiger charge is 2.33. The highest BCUT2D eigenvalue weighted by molar-refractivity contribution is 7.80. The summed E-state index contributed by atoms with van der Waals surface area (Å²) in [6.45, 7) is 6.98. The average Bonchev–Trinajstić information content (AvgIpc) is 2.37. The van der Waals surface area contributed by atoms with Crippen LogP contribution in [-0.2, 0) is 0 Å². The van der Waals surface area contributed by atoms with Gasteiger partial charge in [-0.3, -0.25) is 4.90 Å². The van der Waals surface area contributed by atoms with Crippen LogP contribution in [0.4, 0.5) is 13.2 Å². The molecule has 0 saturated carbocycles. The van der Waals surface area contributed by atoms with Crippen LogP contribution in [-0.4, -0.2) is 61.0 Å². The molecule has 114 valence electrons. The Hall–Kier alpha value is 0.0600. The van der Waals surface area contributed by atoms with Gasteiger partial charge in [0.05, 0.1) is 6.54 Å². The van der Waals surface area contributed by atoms with E-state index in [1.165, 1.54) is 4.90 Å². The van der Waals surface area contributed by atoms with Crippen molar-refractivity contribution in [3.8, 4) is 0 Å². The third-order valence-electron chi connectivity index (χ3n) is 4.26. The van der Waals surface area contributed by atoms with Gasteiger partial charge in [0.2, 0.25) is 0 Å². The second-order valence-electron chi connectivity index (χ2n) is 5.53. The van der Waals surface area contributed by atoms with Gasteiger partial charge in [0.1, 0.15) is 0 Å². The number of rotatable bonds is 6. The smallest absolute Gasteiger partial charge is 0.300 e. The molecule has 0 radical (unpaired) electrons. The zero-order chi connectivity index (χ0) is 14.5. The first-order chi connectivity index (χ1) is 8.84. The van der Waals surface area contributed by atoms with Crippen molar-refractivity contribution in [3.63, 3.8) is 0 Å². The van der Waals surface area contributed by atoms with Gasteiger partial charge >= 0.3 is 6.18 Å². The number of alkyl halides is 3. The number of nitrogens with zero attached hydrogens (tertiary/aromatic N) is 2.